The first-order valence-corrected chi connectivity index (χ1v) is 8.79. The number of esters is 2. The number of ether oxygens (including phenoxy) is 3. The zero-order chi connectivity index (χ0) is 20.4. The van der Waals surface area contributed by atoms with Crippen molar-refractivity contribution in [3.63, 3.8) is 0 Å². The van der Waals surface area contributed by atoms with Crippen LogP contribution in [0.3, 0.4) is 0 Å². The average molecular weight is 380 g/mol. The minimum atomic E-state index is -0.432. The highest BCUT2D eigenvalue weighted by Crippen LogP contribution is 2.39. The van der Waals surface area contributed by atoms with E-state index in [-0.39, 0.29) is 23.4 Å². The maximum atomic E-state index is 12.6. The van der Waals surface area contributed by atoms with E-state index in [1.807, 2.05) is 0 Å². The summed E-state index contributed by atoms with van der Waals surface area (Å²) in [5.41, 5.74) is 2.12. The quantitative estimate of drug-likeness (QED) is 0.454. The zero-order valence-electron chi connectivity index (χ0n) is 16.1. The normalized spacial score (nSPS) is 14.0. The van der Waals surface area contributed by atoms with Crippen LogP contribution in [0.5, 0.6) is 11.5 Å². The van der Waals surface area contributed by atoms with E-state index in [9.17, 15) is 14.4 Å². The molecule has 2 aromatic carbocycles. The third-order valence-corrected chi connectivity index (χ3v) is 4.35. The second kappa shape index (κ2) is 7.68. The molecule has 6 heteroatoms. The summed E-state index contributed by atoms with van der Waals surface area (Å²) in [7, 11) is 1.31. The number of allylic oxidation sites excluding steroid dienone is 1. The van der Waals surface area contributed by atoms with Crippen LogP contribution in [0.1, 0.15) is 45.7 Å². The highest BCUT2D eigenvalue weighted by Gasteiger charge is 2.30. The van der Waals surface area contributed by atoms with E-state index in [1.165, 1.54) is 7.11 Å². The third-order valence-electron chi connectivity index (χ3n) is 4.35. The van der Waals surface area contributed by atoms with Crippen LogP contribution in [0.25, 0.3) is 6.08 Å². The van der Waals surface area contributed by atoms with Gasteiger partial charge in [0.2, 0.25) is 5.78 Å². The monoisotopic (exact) mass is 380 g/mol. The molecule has 3 rings (SSSR count). The van der Waals surface area contributed by atoms with Crippen molar-refractivity contribution >= 4 is 23.8 Å². The van der Waals surface area contributed by atoms with E-state index < -0.39 is 5.97 Å². The molecular weight excluding hydrogens is 360 g/mol. The fraction of sp³-hybridized carbons (Fsp3) is 0.227. The van der Waals surface area contributed by atoms with Gasteiger partial charge >= 0.3 is 11.9 Å². The topological polar surface area (TPSA) is 78.9 Å². The molecule has 0 bridgehead atoms. The Balaban J connectivity index is 1.87. The van der Waals surface area contributed by atoms with E-state index >= 15 is 0 Å². The Morgan fingerprint density at radius 3 is 2.36 bits per heavy atom. The molecule has 0 saturated carbocycles. The Kier molecular flexibility index (Phi) is 5.31. The lowest BCUT2D eigenvalue weighted by molar-refractivity contribution is -0.137. The summed E-state index contributed by atoms with van der Waals surface area (Å²) in [4.78, 5) is 36.0. The molecule has 6 nitrogen and oxygen atoms in total. The number of hydrogen-bond acceptors (Lipinski definition) is 6. The molecule has 0 aromatic heterocycles. The molecule has 0 amide bonds. The fourth-order valence-electron chi connectivity index (χ4n) is 2.69. The number of fused-ring (bicyclic) bond motifs is 1. The number of benzene rings is 2. The van der Waals surface area contributed by atoms with Crippen molar-refractivity contribution in [2.45, 2.75) is 20.8 Å². The summed E-state index contributed by atoms with van der Waals surface area (Å²) in [6.07, 6.45) is 1.60. The number of methoxy groups -OCH3 is 1. The van der Waals surface area contributed by atoms with Crippen LogP contribution in [-0.2, 0) is 9.53 Å². The Morgan fingerprint density at radius 2 is 1.75 bits per heavy atom. The van der Waals surface area contributed by atoms with Crippen LogP contribution >= 0.6 is 0 Å². The van der Waals surface area contributed by atoms with Crippen molar-refractivity contribution in [1.29, 1.82) is 0 Å². The summed E-state index contributed by atoms with van der Waals surface area (Å²) < 4.78 is 15.8. The molecule has 0 unspecified atom stereocenters. The van der Waals surface area contributed by atoms with Gasteiger partial charge in [0.1, 0.15) is 11.5 Å². The van der Waals surface area contributed by atoms with Gasteiger partial charge in [-0.3, -0.25) is 9.59 Å². The lowest BCUT2D eigenvalue weighted by atomic mass is 10.1. The molecule has 1 aliphatic heterocycles. The summed E-state index contributed by atoms with van der Waals surface area (Å²) >= 11 is 0. The van der Waals surface area contributed by atoms with Gasteiger partial charge in [0.25, 0.3) is 0 Å². The van der Waals surface area contributed by atoms with Crippen molar-refractivity contribution in [1.82, 2.24) is 0 Å². The number of Topliss-reactive ketones (excluding diaryl/α,β-unsaturated/α-hetero) is 1. The van der Waals surface area contributed by atoms with Crippen LogP contribution in [0.15, 0.2) is 42.2 Å². The van der Waals surface area contributed by atoms with Gasteiger partial charge in [-0.2, -0.15) is 0 Å². The minimum absolute atomic E-state index is 0.163. The van der Waals surface area contributed by atoms with Gasteiger partial charge in [-0.15, -0.1) is 0 Å². The van der Waals surface area contributed by atoms with Gasteiger partial charge in [0.15, 0.2) is 5.76 Å². The molecule has 144 valence electrons. The Morgan fingerprint density at radius 1 is 1.07 bits per heavy atom. The Bertz CT molecular complexity index is 983. The van der Waals surface area contributed by atoms with Gasteiger partial charge in [0.05, 0.1) is 24.2 Å². The standard InChI is InChI=1S/C22H20O6/c1-12(2)21(24)28-17-10-9-16-19(23)18(27-20(16)13(17)3)11-14-5-7-15(8-6-14)22(25)26-4/h5-12H,1-4H3/b18-11-. The lowest BCUT2D eigenvalue weighted by Gasteiger charge is -2.11. The van der Waals surface area contributed by atoms with Gasteiger partial charge < -0.3 is 14.2 Å². The van der Waals surface area contributed by atoms with E-state index in [2.05, 4.69) is 4.74 Å². The summed E-state index contributed by atoms with van der Waals surface area (Å²) in [5, 5.41) is 0. The largest absolute Gasteiger partial charge is 0.465 e. The summed E-state index contributed by atoms with van der Waals surface area (Å²) in [5.74, 6) is -0.384. The molecular formula is C22H20O6. The SMILES string of the molecule is COC(=O)c1ccc(/C=C2\Oc3c(ccc(OC(=O)C(C)C)c3C)C2=O)cc1. The number of ketones is 1. The summed E-state index contributed by atoms with van der Waals surface area (Å²) in [6, 6.07) is 9.81. The molecule has 0 saturated heterocycles. The highest BCUT2D eigenvalue weighted by molar-refractivity contribution is 6.15. The predicted octanol–water partition coefficient (Wildman–Crippen LogP) is 3.96. The smallest absolute Gasteiger partial charge is 0.337 e. The van der Waals surface area contributed by atoms with Gasteiger partial charge in [-0.05, 0) is 42.8 Å². The van der Waals surface area contributed by atoms with Crippen LogP contribution in [-0.4, -0.2) is 24.8 Å². The van der Waals surface area contributed by atoms with Gasteiger partial charge in [-0.1, -0.05) is 26.0 Å². The van der Waals surface area contributed by atoms with E-state index in [0.717, 1.165) is 0 Å². The van der Waals surface area contributed by atoms with Crippen LogP contribution in [0.2, 0.25) is 0 Å². The number of carbonyl (C=O) groups is 3. The van der Waals surface area contributed by atoms with Crippen molar-refractivity contribution in [2.24, 2.45) is 5.92 Å². The molecule has 0 radical (unpaired) electrons. The molecule has 1 heterocycles. The van der Waals surface area contributed by atoms with Gasteiger partial charge in [0, 0.05) is 5.56 Å². The number of rotatable bonds is 4. The first-order chi connectivity index (χ1) is 13.3. The molecule has 0 N–H and O–H groups in total. The van der Waals surface area contributed by atoms with Gasteiger partial charge in [-0.25, -0.2) is 4.79 Å². The first-order valence-electron chi connectivity index (χ1n) is 8.79. The Hall–Kier alpha value is -3.41. The zero-order valence-corrected chi connectivity index (χ0v) is 16.1. The third kappa shape index (κ3) is 3.67. The van der Waals surface area contributed by atoms with Crippen LogP contribution in [0, 0.1) is 12.8 Å². The minimum Gasteiger partial charge on any atom is -0.465 e. The van der Waals surface area contributed by atoms with E-state index in [0.29, 0.717) is 33.8 Å². The molecule has 2 aromatic rings. The highest BCUT2D eigenvalue weighted by atomic mass is 16.5. The summed E-state index contributed by atoms with van der Waals surface area (Å²) in [6.45, 7) is 5.23. The predicted molar refractivity (Wildman–Crippen MR) is 102 cm³/mol. The van der Waals surface area contributed by atoms with Crippen molar-refractivity contribution in [3.8, 4) is 11.5 Å². The number of hydrogen-bond donors (Lipinski definition) is 0. The maximum absolute atomic E-state index is 12.6. The molecule has 1 aliphatic rings. The van der Waals surface area contributed by atoms with Crippen LogP contribution in [0.4, 0.5) is 0 Å². The number of carbonyl (C=O) groups excluding carboxylic acids is 3. The van der Waals surface area contributed by atoms with Crippen LogP contribution < -0.4 is 9.47 Å². The lowest BCUT2D eigenvalue weighted by Crippen LogP contribution is -2.15. The van der Waals surface area contributed by atoms with E-state index in [4.69, 9.17) is 9.47 Å². The first kappa shape index (κ1) is 19.4. The fourth-order valence-corrected chi connectivity index (χ4v) is 2.69. The average Bonchev–Trinajstić information content (AvgIpc) is 3.00. The molecule has 0 spiro atoms. The Labute approximate surface area is 162 Å². The maximum Gasteiger partial charge on any atom is 0.337 e. The van der Waals surface area contributed by atoms with E-state index in [1.54, 1.807) is 63.2 Å². The molecule has 0 atom stereocenters. The molecule has 28 heavy (non-hydrogen) atoms. The second-order valence-electron chi connectivity index (χ2n) is 6.69. The van der Waals surface area contributed by atoms with Crippen molar-refractivity contribution in [2.75, 3.05) is 7.11 Å². The van der Waals surface area contributed by atoms with Crippen molar-refractivity contribution in [3.05, 3.63) is 64.4 Å². The molecule has 0 fully saturated rings. The van der Waals surface area contributed by atoms with Crippen molar-refractivity contribution < 1.29 is 28.6 Å². The molecule has 0 aliphatic carbocycles. The second-order valence-corrected chi connectivity index (χ2v) is 6.69.